The van der Waals surface area contributed by atoms with Crippen molar-refractivity contribution in [2.45, 2.75) is 32.8 Å². The summed E-state index contributed by atoms with van der Waals surface area (Å²) in [5.74, 6) is -0.528. The van der Waals surface area contributed by atoms with Crippen molar-refractivity contribution in [3.05, 3.63) is 46.8 Å². The molecule has 2 heterocycles. The molecule has 0 aliphatic carbocycles. The Kier molecular flexibility index (Phi) is 9.04. The third-order valence-electron chi connectivity index (χ3n) is 4.95. The highest BCUT2D eigenvalue weighted by Crippen LogP contribution is 2.17. The lowest BCUT2D eigenvalue weighted by Gasteiger charge is -2.16. The van der Waals surface area contributed by atoms with Crippen molar-refractivity contribution in [2.24, 2.45) is 4.99 Å². The zero-order chi connectivity index (χ0) is 25.4. The Labute approximate surface area is 208 Å². The summed E-state index contributed by atoms with van der Waals surface area (Å²) >= 11 is 5.46. The molecule has 1 aromatic heterocycles. The van der Waals surface area contributed by atoms with Gasteiger partial charge >= 0.3 is 11.9 Å². The predicted molar refractivity (Wildman–Crippen MR) is 135 cm³/mol. The van der Waals surface area contributed by atoms with Gasteiger partial charge < -0.3 is 24.8 Å². The lowest BCUT2D eigenvalue weighted by Crippen LogP contribution is -2.39. The number of benzene rings is 1. The first-order valence-electron chi connectivity index (χ1n) is 10.9. The van der Waals surface area contributed by atoms with Gasteiger partial charge in [-0.3, -0.25) is 5.32 Å². The van der Waals surface area contributed by atoms with Gasteiger partial charge in [0.25, 0.3) is 0 Å². The van der Waals surface area contributed by atoms with E-state index in [1.807, 2.05) is 19.9 Å². The van der Waals surface area contributed by atoms with Crippen LogP contribution in [0, 0.1) is 13.8 Å². The van der Waals surface area contributed by atoms with Gasteiger partial charge in [-0.05, 0) is 63.2 Å². The molecule has 1 aliphatic heterocycles. The Hall–Kier alpha value is -3.64. The molecule has 35 heavy (non-hydrogen) atoms. The number of aliphatic imine (C=N–C) groups is 1. The molecule has 1 saturated heterocycles. The maximum atomic E-state index is 12.1. The largest absolute Gasteiger partial charge is 0.465 e. The molecular formula is C23H28N6O5S. The molecular weight excluding hydrogens is 472 g/mol. The Balaban J connectivity index is 1.80. The van der Waals surface area contributed by atoms with Crippen LogP contribution in [0.1, 0.15) is 44.9 Å². The number of carbonyl (C=O) groups is 2. The van der Waals surface area contributed by atoms with E-state index in [1.54, 1.807) is 0 Å². The van der Waals surface area contributed by atoms with Gasteiger partial charge in [0.2, 0.25) is 11.9 Å². The number of nitrogens with one attached hydrogen (secondary N) is 3. The zero-order valence-corrected chi connectivity index (χ0v) is 20.8. The topological polar surface area (TPSA) is 136 Å². The minimum absolute atomic E-state index is 0.0228. The van der Waals surface area contributed by atoms with Crippen LogP contribution >= 0.6 is 12.2 Å². The maximum Gasteiger partial charge on any atom is 0.337 e. The maximum absolute atomic E-state index is 12.1. The number of hydrogen-bond acceptors (Lipinski definition) is 9. The minimum Gasteiger partial charge on any atom is -0.465 e. The molecule has 0 saturated carbocycles. The van der Waals surface area contributed by atoms with Crippen LogP contribution in [-0.4, -0.2) is 66.5 Å². The second kappa shape index (κ2) is 12.2. The lowest BCUT2D eigenvalue weighted by atomic mass is 10.1. The number of carbonyl (C=O) groups excluding carboxylic acids is 2. The van der Waals surface area contributed by atoms with Crippen molar-refractivity contribution in [1.29, 1.82) is 0 Å². The fourth-order valence-electron chi connectivity index (χ4n) is 3.42. The number of rotatable bonds is 6. The molecule has 0 bridgehead atoms. The average molecular weight is 501 g/mol. The molecule has 0 spiro atoms. The van der Waals surface area contributed by atoms with E-state index in [-0.39, 0.29) is 22.3 Å². The molecule has 0 amide bonds. The molecule has 3 N–H and O–H groups in total. The standard InChI is InChI=1S/C23H28N6O5S/c1-13-8-14(2)26-22(25-13)28-21(24-12-18-6-5-7-34-18)29-23(35)27-17-10-15(19(30)32-3)9-16(11-17)20(31)33-4/h8-11,18H,5-7,12H2,1-4H3,(H3,24,25,26,27,28,29,35). The van der Waals surface area contributed by atoms with Crippen LogP contribution in [-0.2, 0) is 14.2 Å². The smallest absolute Gasteiger partial charge is 0.337 e. The molecule has 186 valence electrons. The van der Waals surface area contributed by atoms with E-state index in [2.05, 4.69) is 30.9 Å². The van der Waals surface area contributed by atoms with E-state index in [9.17, 15) is 9.59 Å². The molecule has 2 aromatic rings. The number of nitrogens with zero attached hydrogens (tertiary/aromatic N) is 3. The van der Waals surface area contributed by atoms with Crippen molar-refractivity contribution in [3.8, 4) is 0 Å². The highest BCUT2D eigenvalue weighted by molar-refractivity contribution is 7.80. The number of aryl methyl sites for hydroxylation is 2. The van der Waals surface area contributed by atoms with Crippen molar-refractivity contribution in [1.82, 2.24) is 15.3 Å². The fraction of sp³-hybridized carbons (Fsp3) is 0.391. The number of ether oxygens (including phenoxy) is 3. The fourth-order valence-corrected chi connectivity index (χ4v) is 3.64. The van der Waals surface area contributed by atoms with Crippen LogP contribution < -0.4 is 16.0 Å². The number of hydrogen-bond donors (Lipinski definition) is 3. The van der Waals surface area contributed by atoms with Gasteiger partial charge in [-0.25, -0.2) is 24.5 Å². The normalized spacial score (nSPS) is 15.3. The van der Waals surface area contributed by atoms with E-state index in [1.165, 1.54) is 32.4 Å². The summed E-state index contributed by atoms with van der Waals surface area (Å²) in [6.45, 7) is 4.88. The molecule has 3 rings (SSSR count). The Bertz CT molecular complexity index is 1080. The number of guanidine groups is 1. The number of thiocarbonyl (C=S) groups is 1. The summed E-state index contributed by atoms with van der Waals surface area (Å²) < 4.78 is 15.2. The van der Waals surface area contributed by atoms with Gasteiger partial charge in [-0.15, -0.1) is 0 Å². The second-order valence-corrected chi connectivity index (χ2v) is 8.19. The van der Waals surface area contributed by atoms with E-state index >= 15 is 0 Å². The van der Waals surface area contributed by atoms with Crippen molar-refractivity contribution >= 4 is 46.9 Å². The monoisotopic (exact) mass is 500 g/mol. The van der Waals surface area contributed by atoms with Crippen LogP contribution in [0.4, 0.5) is 11.6 Å². The Morgan fingerprint density at radius 3 is 2.23 bits per heavy atom. The van der Waals surface area contributed by atoms with E-state index < -0.39 is 11.9 Å². The molecule has 12 heteroatoms. The molecule has 11 nitrogen and oxygen atoms in total. The summed E-state index contributed by atoms with van der Waals surface area (Å²) in [6.07, 6.45) is 1.95. The molecule has 0 radical (unpaired) electrons. The van der Waals surface area contributed by atoms with Gasteiger partial charge in [0.15, 0.2) is 5.11 Å². The number of esters is 2. The molecule has 1 aromatic carbocycles. The SMILES string of the molecule is COC(=O)c1cc(NC(=S)NC(=NCC2CCCO2)Nc2nc(C)cc(C)n2)cc(C(=O)OC)c1. The van der Waals surface area contributed by atoms with Crippen LogP contribution in [0.2, 0.25) is 0 Å². The van der Waals surface area contributed by atoms with Gasteiger partial charge in [0.05, 0.1) is 38.0 Å². The molecule has 1 fully saturated rings. The summed E-state index contributed by atoms with van der Waals surface area (Å²) in [4.78, 5) is 37.5. The molecule has 1 unspecified atom stereocenters. The van der Waals surface area contributed by atoms with Crippen LogP contribution in [0.25, 0.3) is 0 Å². The van der Waals surface area contributed by atoms with Gasteiger partial charge in [-0.2, -0.15) is 0 Å². The minimum atomic E-state index is -0.606. The zero-order valence-electron chi connectivity index (χ0n) is 20.0. The first-order chi connectivity index (χ1) is 16.8. The second-order valence-electron chi connectivity index (χ2n) is 7.78. The summed E-state index contributed by atoms with van der Waals surface area (Å²) in [6, 6.07) is 6.26. The van der Waals surface area contributed by atoms with E-state index in [0.29, 0.717) is 24.1 Å². The molecule has 1 atom stereocenters. The van der Waals surface area contributed by atoms with Crippen molar-refractivity contribution in [3.63, 3.8) is 0 Å². The Morgan fingerprint density at radius 2 is 1.69 bits per heavy atom. The Morgan fingerprint density at radius 1 is 1.06 bits per heavy atom. The number of aromatic nitrogens is 2. The van der Waals surface area contributed by atoms with Crippen LogP contribution in [0.3, 0.4) is 0 Å². The van der Waals surface area contributed by atoms with Crippen LogP contribution in [0.5, 0.6) is 0 Å². The van der Waals surface area contributed by atoms with Crippen LogP contribution in [0.15, 0.2) is 29.3 Å². The van der Waals surface area contributed by atoms with Gasteiger partial charge in [0, 0.05) is 23.7 Å². The van der Waals surface area contributed by atoms with E-state index in [4.69, 9.17) is 26.4 Å². The van der Waals surface area contributed by atoms with Crippen molar-refractivity contribution < 1.29 is 23.8 Å². The first-order valence-corrected chi connectivity index (χ1v) is 11.3. The third-order valence-corrected chi connectivity index (χ3v) is 5.16. The number of methoxy groups -OCH3 is 2. The molecule has 1 aliphatic rings. The average Bonchev–Trinajstić information content (AvgIpc) is 3.34. The van der Waals surface area contributed by atoms with Crippen molar-refractivity contribution in [2.75, 3.05) is 38.0 Å². The van der Waals surface area contributed by atoms with Gasteiger partial charge in [-0.1, -0.05) is 0 Å². The lowest BCUT2D eigenvalue weighted by molar-refractivity contribution is 0.0599. The summed E-state index contributed by atoms with van der Waals surface area (Å²) in [7, 11) is 2.51. The third kappa shape index (κ3) is 7.69. The van der Waals surface area contributed by atoms with E-state index in [0.717, 1.165) is 30.8 Å². The highest BCUT2D eigenvalue weighted by atomic mass is 32.1. The quantitative estimate of drug-likeness (QED) is 0.234. The summed E-state index contributed by atoms with van der Waals surface area (Å²) in [5.41, 5.74) is 2.31. The summed E-state index contributed by atoms with van der Waals surface area (Å²) in [5, 5.41) is 9.18. The highest BCUT2D eigenvalue weighted by Gasteiger charge is 2.17. The first kappa shape index (κ1) is 26.0. The number of anilines is 2. The predicted octanol–water partition coefficient (Wildman–Crippen LogP) is 2.60. The van der Waals surface area contributed by atoms with Gasteiger partial charge in [0.1, 0.15) is 0 Å².